The maximum absolute atomic E-state index is 11.4. The van der Waals surface area contributed by atoms with Crippen molar-refractivity contribution in [2.75, 3.05) is 32.7 Å². The maximum atomic E-state index is 11.4. The van der Waals surface area contributed by atoms with E-state index >= 15 is 0 Å². The fraction of sp³-hybridized carbons (Fsp3) is 0.882. The molecule has 24 heavy (non-hydrogen) atoms. The molecule has 8 N–H and O–H groups in total. The van der Waals surface area contributed by atoms with Crippen LogP contribution in [0.3, 0.4) is 0 Å². The minimum Gasteiger partial charge on any atom is -0.330 e. The number of Topliss-reactive ketones (excluding diaryl/α,β-unsaturated/α-hetero) is 2. The van der Waals surface area contributed by atoms with E-state index < -0.39 is 6.04 Å². The molecule has 0 fully saturated rings. The molecule has 0 heterocycles. The largest absolute Gasteiger partial charge is 0.330 e. The van der Waals surface area contributed by atoms with Crippen LogP contribution in [-0.4, -0.2) is 56.4 Å². The van der Waals surface area contributed by atoms with Crippen molar-refractivity contribution in [3.05, 3.63) is 0 Å². The first kappa shape index (κ1) is 23.1. The average Bonchev–Trinajstić information content (AvgIpc) is 2.57. The monoisotopic (exact) mass is 346 g/mol. The van der Waals surface area contributed by atoms with Crippen LogP contribution in [0.5, 0.6) is 0 Å². The Morgan fingerprint density at radius 1 is 1.04 bits per heavy atom. The molecule has 0 saturated carbocycles. The van der Waals surface area contributed by atoms with Gasteiger partial charge in [0, 0.05) is 6.54 Å². The molecular weight excluding hydrogens is 306 g/mol. The second kappa shape index (κ2) is 18.5. The van der Waals surface area contributed by atoms with Crippen molar-refractivity contribution >= 4 is 11.6 Å². The van der Waals surface area contributed by atoms with Crippen molar-refractivity contribution in [1.29, 1.82) is 0 Å². The van der Waals surface area contributed by atoms with E-state index in [2.05, 4.69) is 17.6 Å². The van der Waals surface area contributed by atoms with Crippen molar-refractivity contribution < 1.29 is 11.0 Å². The van der Waals surface area contributed by atoms with Gasteiger partial charge in [-0.2, -0.15) is 0 Å². The fourth-order valence-corrected chi connectivity index (χ4v) is 1.85. The van der Waals surface area contributed by atoms with E-state index in [-0.39, 0.29) is 24.2 Å². The summed E-state index contributed by atoms with van der Waals surface area (Å²) in [6, 6.07) is -0.482. The number of carbonyl (C=O) groups excluding carboxylic acids is 2. The summed E-state index contributed by atoms with van der Waals surface area (Å²) in [6.45, 7) is 9.04. The number of carbonyl (C=O) groups is 2. The van der Waals surface area contributed by atoms with Crippen molar-refractivity contribution in [1.82, 2.24) is 10.6 Å². The molecule has 0 rings (SSSR count). The molecular formula is C17H39N5O2. The fourth-order valence-electron chi connectivity index (χ4n) is 1.85. The minimum atomic E-state index is -0.491. The summed E-state index contributed by atoms with van der Waals surface area (Å²) in [5.41, 5.74) is 12.5. The number of hydrogen-bond acceptors (Lipinski definition) is 7. The molecule has 144 valence electrons. The first-order valence-electron chi connectivity index (χ1n) is 9.46. The van der Waals surface area contributed by atoms with E-state index in [9.17, 15) is 9.59 Å². The van der Waals surface area contributed by atoms with Gasteiger partial charge in [-0.1, -0.05) is 13.3 Å². The summed E-state index contributed by atoms with van der Waals surface area (Å²) in [4.78, 5) is 21.7. The number of hydrogen-bond donors (Lipinski definition) is 5. The zero-order chi connectivity index (χ0) is 19.5. The van der Waals surface area contributed by atoms with Gasteiger partial charge in [0.05, 0.1) is 12.1 Å². The number of ketones is 2. The van der Waals surface area contributed by atoms with Crippen molar-refractivity contribution in [2.45, 2.75) is 65.0 Å². The minimum absolute atomic E-state index is 0.00882. The molecule has 0 radical (unpaired) electrons. The standard InChI is InChI=1S/C13H29N3O.C4H10N2O/c1-3-4-9-15-10-5-7-13(12(2)17)16-11-6-8-14;1-3(7)4(6)2-5/h13,15-16H,3-11,14H2,1-2H3;4H,2,5-6H2,1H3/i/hD. The van der Waals surface area contributed by atoms with Crippen molar-refractivity contribution in [3.63, 3.8) is 0 Å². The molecule has 7 heteroatoms. The smallest absolute Gasteiger partial charge is 0.147 e. The van der Waals surface area contributed by atoms with E-state index in [4.69, 9.17) is 12.9 Å². The Balaban J connectivity index is 0. The average molecular weight is 347 g/mol. The van der Waals surface area contributed by atoms with Gasteiger partial charge >= 0.3 is 0 Å². The van der Waals surface area contributed by atoms with Gasteiger partial charge in [-0.3, -0.25) is 9.59 Å². The molecule has 7 nitrogen and oxygen atoms in total. The van der Waals surface area contributed by atoms with Gasteiger partial charge in [0.15, 0.2) is 0 Å². The zero-order valence-electron chi connectivity index (χ0n) is 16.7. The molecule has 2 unspecified atom stereocenters. The molecule has 0 aliphatic rings. The summed E-state index contributed by atoms with van der Waals surface area (Å²) < 4.78 is 6.54. The van der Waals surface area contributed by atoms with Crippen LogP contribution in [-0.2, 0) is 9.59 Å². The van der Waals surface area contributed by atoms with Crippen LogP contribution in [0.4, 0.5) is 0 Å². The molecule has 0 aromatic rings. The summed E-state index contributed by atoms with van der Waals surface area (Å²) >= 11 is 0. The molecule has 0 bridgehead atoms. The highest BCUT2D eigenvalue weighted by atomic mass is 16.1. The van der Waals surface area contributed by atoms with E-state index in [0.717, 1.165) is 38.9 Å². The van der Waals surface area contributed by atoms with Crippen LogP contribution in [0.2, 0.25) is 1.41 Å². The van der Waals surface area contributed by atoms with Crippen LogP contribution in [0.25, 0.3) is 0 Å². The molecule has 0 aliphatic heterocycles. The number of nitrogens with one attached hydrogen (secondary N) is 2. The Morgan fingerprint density at radius 3 is 2.12 bits per heavy atom. The van der Waals surface area contributed by atoms with Crippen LogP contribution in [0, 0.1) is 0 Å². The SMILES string of the molecule is CCCCNCCCC(NCCCN)C(C)=O.[2H]NC(CN)C(C)=O. The predicted octanol–water partition coefficient (Wildman–Crippen LogP) is -0.0863. The molecule has 0 amide bonds. The van der Waals surface area contributed by atoms with E-state index in [1.54, 1.807) is 6.92 Å². The van der Waals surface area contributed by atoms with Gasteiger partial charge in [0.2, 0.25) is 0 Å². The highest BCUT2D eigenvalue weighted by Crippen LogP contribution is 1.98. The first-order chi connectivity index (χ1) is 11.9. The topological polar surface area (TPSA) is 136 Å². The van der Waals surface area contributed by atoms with Crippen molar-refractivity contribution in [3.8, 4) is 0 Å². The third-order valence-corrected chi connectivity index (χ3v) is 3.54. The van der Waals surface area contributed by atoms with Gasteiger partial charge < -0.3 is 27.8 Å². The van der Waals surface area contributed by atoms with Crippen LogP contribution >= 0.6 is 0 Å². The van der Waals surface area contributed by atoms with Crippen LogP contribution in [0.15, 0.2) is 0 Å². The number of unbranched alkanes of at least 4 members (excludes halogenated alkanes) is 1. The van der Waals surface area contributed by atoms with Gasteiger partial charge in [-0.05, 0) is 65.7 Å². The van der Waals surface area contributed by atoms with Crippen LogP contribution < -0.4 is 27.8 Å². The Morgan fingerprint density at radius 2 is 1.71 bits per heavy atom. The molecule has 0 aromatic heterocycles. The third-order valence-electron chi connectivity index (χ3n) is 3.54. The summed E-state index contributed by atoms with van der Waals surface area (Å²) in [5.74, 6) is 0.137. The second-order valence-electron chi connectivity index (χ2n) is 5.90. The molecule has 2 atom stereocenters. The second-order valence-corrected chi connectivity index (χ2v) is 5.90. The highest BCUT2D eigenvalue weighted by molar-refractivity contribution is 5.81. The zero-order valence-corrected chi connectivity index (χ0v) is 15.7. The maximum Gasteiger partial charge on any atom is 0.147 e. The normalized spacial score (nSPS) is 13.5. The van der Waals surface area contributed by atoms with Gasteiger partial charge in [0.1, 0.15) is 13.0 Å². The van der Waals surface area contributed by atoms with Gasteiger partial charge in [0.25, 0.3) is 0 Å². The lowest BCUT2D eigenvalue weighted by atomic mass is 10.1. The lowest BCUT2D eigenvalue weighted by molar-refractivity contribution is -0.119. The highest BCUT2D eigenvalue weighted by Gasteiger charge is 2.11. The lowest BCUT2D eigenvalue weighted by Crippen LogP contribution is -2.37. The Hall–Kier alpha value is -0.860. The van der Waals surface area contributed by atoms with E-state index in [1.807, 2.05) is 5.73 Å². The van der Waals surface area contributed by atoms with E-state index in [1.165, 1.54) is 19.8 Å². The lowest BCUT2D eigenvalue weighted by Gasteiger charge is -2.15. The molecule has 0 spiro atoms. The van der Waals surface area contributed by atoms with Crippen LogP contribution in [0.1, 0.15) is 52.9 Å². The number of rotatable bonds is 15. The summed E-state index contributed by atoms with van der Waals surface area (Å²) in [7, 11) is 0. The summed E-state index contributed by atoms with van der Waals surface area (Å²) in [5, 5.41) is 6.65. The Labute approximate surface area is 148 Å². The third kappa shape index (κ3) is 17.5. The molecule has 0 saturated heterocycles. The van der Waals surface area contributed by atoms with Gasteiger partial charge in [-0.25, -0.2) is 0 Å². The molecule has 0 aromatic carbocycles. The molecule has 0 aliphatic carbocycles. The van der Waals surface area contributed by atoms with Crippen molar-refractivity contribution in [2.24, 2.45) is 17.2 Å². The first-order valence-corrected chi connectivity index (χ1v) is 8.96. The summed E-state index contributed by atoms with van der Waals surface area (Å²) in [6.07, 6.45) is 5.34. The Kier molecular flexibility index (Phi) is 17.8. The quantitative estimate of drug-likeness (QED) is 0.261. The number of nitrogens with two attached hydrogens (primary N) is 3. The van der Waals surface area contributed by atoms with E-state index in [0.29, 0.717) is 6.54 Å². The Bertz CT molecular complexity index is 328. The predicted molar refractivity (Wildman–Crippen MR) is 101 cm³/mol. The van der Waals surface area contributed by atoms with Gasteiger partial charge in [-0.15, -0.1) is 0 Å².